The van der Waals surface area contributed by atoms with Crippen molar-refractivity contribution >= 4 is 35.8 Å². The summed E-state index contributed by atoms with van der Waals surface area (Å²) in [6, 6.07) is 14.8. The third-order valence-corrected chi connectivity index (χ3v) is 4.66. The first kappa shape index (κ1) is 21.5. The van der Waals surface area contributed by atoms with E-state index in [-0.39, 0.29) is 30.0 Å². The molecule has 2 heterocycles. The van der Waals surface area contributed by atoms with Crippen LogP contribution in [0, 0.1) is 0 Å². The highest BCUT2D eigenvalue weighted by atomic mass is 127. The summed E-state index contributed by atoms with van der Waals surface area (Å²) >= 11 is 0. The molecule has 1 aliphatic rings. The highest BCUT2D eigenvalue weighted by Crippen LogP contribution is 2.19. The van der Waals surface area contributed by atoms with Gasteiger partial charge in [-0.3, -0.25) is 0 Å². The molecule has 0 radical (unpaired) electrons. The Hall–Kier alpha value is -1.83. The third-order valence-electron chi connectivity index (χ3n) is 4.66. The smallest absolute Gasteiger partial charge is 0.192 e. The predicted molar refractivity (Wildman–Crippen MR) is 124 cm³/mol. The number of hydrogen-bond donors (Lipinski definition) is 2. The van der Waals surface area contributed by atoms with Crippen LogP contribution in [0.25, 0.3) is 0 Å². The summed E-state index contributed by atoms with van der Waals surface area (Å²) in [5.41, 5.74) is 2.44. The largest absolute Gasteiger partial charge is 0.357 e. The number of halogens is 1. The summed E-state index contributed by atoms with van der Waals surface area (Å²) < 4.78 is 0. The van der Waals surface area contributed by atoms with Gasteiger partial charge in [0.25, 0.3) is 0 Å². The van der Waals surface area contributed by atoms with Crippen molar-refractivity contribution in [3.63, 3.8) is 0 Å². The van der Waals surface area contributed by atoms with Crippen molar-refractivity contribution in [1.82, 2.24) is 15.6 Å². The molecule has 1 saturated heterocycles. The van der Waals surface area contributed by atoms with Crippen molar-refractivity contribution in [1.29, 1.82) is 0 Å². The highest BCUT2D eigenvalue weighted by molar-refractivity contribution is 14.0. The summed E-state index contributed by atoms with van der Waals surface area (Å²) in [7, 11) is 0. The minimum absolute atomic E-state index is 0. The second kappa shape index (κ2) is 11.1. The van der Waals surface area contributed by atoms with Crippen LogP contribution in [0.1, 0.15) is 43.9 Å². The number of rotatable bonds is 6. The lowest BCUT2D eigenvalue weighted by Gasteiger charge is -2.18. The van der Waals surface area contributed by atoms with Gasteiger partial charge in [0.15, 0.2) is 5.96 Å². The number of nitrogens with one attached hydrogen (secondary N) is 2. The number of aromatic nitrogens is 1. The van der Waals surface area contributed by atoms with Gasteiger partial charge in [0.2, 0.25) is 0 Å². The molecule has 3 rings (SSSR count). The zero-order chi connectivity index (χ0) is 18.2. The fourth-order valence-corrected chi connectivity index (χ4v) is 3.20. The minimum Gasteiger partial charge on any atom is -0.357 e. The maximum atomic E-state index is 4.77. The second-order valence-electron chi connectivity index (χ2n) is 6.69. The number of hydrogen-bond acceptors (Lipinski definition) is 3. The number of anilines is 1. The minimum atomic E-state index is 0. The van der Waals surface area contributed by atoms with Crippen LogP contribution in [0.3, 0.4) is 0 Å². The lowest BCUT2D eigenvalue weighted by Crippen LogP contribution is -2.38. The average molecular weight is 479 g/mol. The van der Waals surface area contributed by atoms with E-state index < -0.39 is 0 Å². The summed E-state index contributed by atoms with van der Waals surface area (Å²) in [6.45, 7) is 7.93. The molecule has 5 nitrogen and oxygen atoms in total. The first-order chi connectivity index (χ1) is 12.8. The van der Waals surface area contributed by atoms with Gasteiger partial charge in [-0.05, 0) is 49.9 Å². The normalized spacial score (nSPS) is 15.2. The zero-order valence-corrected chi connectivity index (χ0v) is 18.5. The van der Waals surface area contributed by atoms with Crippen LogP contribution in [0.5, 0.6) is 0 Å². The Morgan fingerprint density at radius 2 is 1.93 bits per heavy atom. The van der Waals surface area contributed by atoms with Gasteiger partial charge in [-0.25, -0.2) is 9.98 Å². The summed E-state index contributed by atoms with van der Waals surface area (Å²) in [5, 5.41) is 6.82. The molecule has 0 saturated carbocycles. The molecule has 6 heteroatoms. The van der Waals surface area contributed by atoms with Gasteiger partial charge in [0, 0.05) is 25.8 Å². The van der Waals surface area contributed by atoms with E-state index in [4.69, 9.17) is 4.99 Å². The number of guanidine groups is 1. The van der Waals surface area contributed by atoms with Gasteiger partial charge in [-0.2, -0.15) is 0 Å². The van der Waals surface area contributed by atoms with Crippen molar-refractivity contribution in [3.05, 3.63) is 59.8 Å². The molecular weight excluding hydrogens is 449 g/mol. The van der Waals surface area contributed by atoms with Crippen LogP contribution in [0.15, 0.2) is 53.7 Å². The molecule has 146 valence electrons. The van der Waals surface area contributed by atoms with Crippen LogP contribution in [0.4, 0.5) is 5.82 Å². The van der Waals surface area contributed by atoms with Crippen LogP contribution in [-0.4, -0.2) is 30.6 Å². The molecule has 27 heavy (non-hydrogen) atoms. The van der Waals surface area contributed by atoms with E-state index >= 15 is 0 Å². The Bertz CT molecular complexity index is 714. The van der Waals surface area contributed by atoms with Gasteiger partial charge >= 0.3 is 0 Å². The van der Waals surface area contributed by atoms with E-state index in [1.807, 2.05) is 18.3 Å². The molecule has 1 fully saturated rings. The first-order valence-corrected chi connectivity index (χ1v) is 9.56. The third kappa shape index (κ3) is 6.37. The molecule has 0 spiro atoms. The predicted octanol–water partition coefficient (Wildman–Crippen LogP) is 4.12. The van der Waals surface area contributed by atoms with Gasteiger partial charge in [-0.1, -0.05) is 30.3 Å². The van der Waals surface area contributed by atoms with Crippen molar-refractivity contribution in [2.24, 2.45) is 4.99 Å². The van der Waals surface area contributed by atoms with Crippen LogP contribution >= 0.6 is 24.0 Å². The Labute approximate surface area is 179 Å². The van der Waals surface area contributed by atoms with Crippen molar-refractivity contribution in [2.45, 2.75) is 39.3 Å². The lowest BCUT2D eigenvalue weighted by molar-refractivity contribution is 0.686. The Morgan fingerprint density at radius 3 is 2.63 bits per heavy atom. The summed E-state index contributed by atoms with van der Waals surface area (Å²) in [5.74, 6) is 1.91. The van der Waals surface area contributed by atoms with Crippen molar-refractivity contribution < 1.29 is 0 Å². The zero-order valence-electron chi connectivity index (χ0n) is 16.2. The number of pyridine rings is 1. The maximum absolute atomic E-state index is 4.77. The summed E-state index contributed by atoms with van der Waals surface area (Å²) in [6.07, 6.45) is 4.41. The molecule has 1 atom stereocenters. The quantitative estimate of drug-likeness (QED) is 0.372. The molecule has 1 aliphatic heterocycles. The van der Waals surface area contributed by atoms with Gasteiger partial charge in [0.1, 0.15) is 5.82 Å². The number of aliphatic imine (C=N–C) groups is 1. The second-order valence-corrected chi connectivity index (χ2v) is 6.69. The summed E-state index contributed by atoms with van der Waals surface area (Å²) in [4.78, 5) is 11.6. The molecule has 0 amide bonds. The Kier molecular flexibility index (Phi) is 8.84. The van der Waals surface area contributed by atoms with E-state index in [9.17, 15) is 0 Å². The van der Waals surface area contributed by atoms with Crippen molar-refractivity contribution in [3.8, 4) is 0 Å². The van der Waals surface area contributed by atoms with E-state index in [0.29, 0.717) is 6.54 Å². The van der Waals surface area contributed by atoms with Crippen LogP contribution in [-0.2, 0) is 6.54 Å². The van der Waals surface area contributed by atoms with E-state index in [1.54, 1.807) is 0 Å². The molecular formula is C21H30IN5. The molecule has 0 aliphatic carbocycles. The monoisotopic (exact) mass is 479 g/mol. The van der Waals surface area contributed by atoms with Gasteiger partial charge in [0.05, 0.1) is 12.6 Å². The Balaban J connectivity index is 0.00000261. The Morgan fingerprint density at radius 1 is 1.19 bits per heavy atom. The van der Waals surface area contributed by atoms with E-state index in [1.165, 1.54) is 24.0 Å². The fraction of sp³-hybridized carbons (Fsp3) is 0.429. The van der Waals surface area contributed by atoms with Gasteiger partial charge in [-0.15, -0.1) is 24.0 Å². The topological polar surface area (TPSA) is 52.6 Å². The van der Waals surface area contributed by atoms with Crippen molar-refractivity contribution in [2.75, 3.05) is 24.5 Å². The standard InChI is InChI=1S/C21H29N5.HI/c1-3-22-21(25-17(2)19-9-5-4-6-10-19)24-16-18-11-12-23-20(15-18)26-13-7-8-14-26;/h4-6,9-12,15,17H,3,7-8,13-14,16H2,1-2H3,(H2,22,24,25);1H. The van der Waals surface area contributed by atoms with E-state index in [0.717, 1.165) is 31.4 Å². The number of benzene rings is 1. The average Bonchev–Trinajstić information content (AvgIpc) is 3.22. The molecule has 1 aromatic carbocycles. The van der Waals surface area contributed by atoms with E-state index in [2.05, 4.69) is 64.7 Å². The number of nitrogens with zero attached hydrogens (tertiary/aromatic N) is 3. The van der Waals surface area contributed by atoms with Crippen LogP contribution < -0.4 is 15.5 Å². The van der Waals surface area contributed by atoms with Crippen LogP contribution in [0.2, 0.25) is 0 Å². The molecule has 1 unspecified atom stereocenters. The molecule has 2 aromatic rings. The molecule has 0 bridgehead atoms. The molecule has 1 aromatic heterocycles. The van der Waals surface area contributed by atoms with Gasteiger partial charge < -0.3 is 15.5 Å². The fourth-order valence-electron chi connectivity index (χ4n) is 3.20. The maximum Gasteiger partial charge on any atom is 0.192 e. The molecule has 2 N–H and O–H groups in total. The lowest BCUT2D eigenvalue weighted by atomic mass is 10.1. The SMILES string of the molecule is CCNC(=NCc1ccnc(N2CCCC2)c1)NC(C)c1ccccc1.I. The highest BCUT2D eigenvalue weighted by Gasteiger charge is 2.13. The first-order valence-electron chi connectivity index (χ1n) is 9.56.